The summed E-state index contributed by atoms with van der Waals surface area (Å²) in [5.74, 6) is -2.21. The van der Waals surface area contributed by atoms with Crippen molar-refractivity contribution in [2.45, 2.75) is 40.5 Å². The number of rotatable bonds is 13. The molecule has 52 heavy (non-hydrogen) atoms. The molecule has 0 fully saturated rings. The van der Waals surface area contributed by atoms with Gasteiger partial charge in [-0.3, -0.25) is 0 Å². The summed E-state index contributed by atoms with van der Waals surface area (Å²) in [7, 11) is 0. The van der Waals surface area contributed by atoms with Gasteiger partial charge in [0.05, 0.1) is 45.5 Å². The third kappa shape index (κ3) is 9.57. The van der Waals surface area contributed by atoms with Crippen molar-refractivity contribution in [1.82, 2.24) is 0 Å². The fourth-order valence-corrected chi connectivity index (χ4v) is 6.25. The van der Waals surface area contributed by atoms with E-state index in [2.05, 4.69) is 0 Å². The van der Waals surface area contributed by atoms with Crippen molar-refractivity contribution in [3.05, 3.63) is 147 Å². The van der Waals surface area contributed by atoms with E-state index in [1.54, 1.807) is 24.3 Å². The molecule has 8 nitrogen and oxygen atoms in total. The first-order valence-corrected chi connectivity index (χ1v) is 17.3. The Morgan fingerprint density at radius 2 is 0.923 bits per heavy atom. The second-order valence-electron chi connectivity index (χ2n) is 14.2. The van der Waals surface area contributed by atoms with Gasteiger partial charge in [-0.05, 0) is 84.6 Å². The number of carbonyl (C=O) groups is 4. The molecule has 0 aliphatic rings. The van der Waals surface area contributed by atoms with Crippen LogP contribution in [-0.4, -0.2) is 42.2 Å². The zero-order chi connectivity index (χ0) is 37.6. The number of carbonyl (C=O) groups excluding carboxylic acids is 3. The number of benzene rings is 5. The summed E-state index contributed by atoms with van der Waals surface area (Å²) in [5, 5.41) is 11.8. The molecule has 268 valence electrons. The number of esters is 3. The number of carboxylic acids is 1. The SMILES string of the molecule is CC(C)(COC(=O)c1ccc(C(=O)O)cc1)Cc1ccc2c(Cl)c(CC(C)(C)COC(=O)c3ccc(C(=O)Oc4ccccc4)cc3)ccc2c1Cl. The number of para-hydroxylation sites is 1. The maximum absolute atomic E-state index is 12.9. The van der Waals surface area contributed by atoms with E-state index in [1.165, 1.54) is 48.5 Å². The van der Waals surface area contributed by atoms with Crippen LogP contribution in [0.1, 0.15) is 80.3 Å². The first-order chi connectivity index (χ1) is 24.6. The normalized spacial score (nSPS) is 11.6. The summed E-state index contributed by atoms with van der Waals surface area (Å²) < 4.78 is 16.6. The van der Waals surface area contributed by atoms with E-state index in [0.717, 1.165) is 21.9 Å². The second-order valence-corrected chi connectivity index (χ2v) is 14.9. The molecule has 5 aromatic carbocycles. The highest BCUT2D eigenvalue weighted by Crippen LogP contribution is 2.38. The van der Waals surface area contributed by atoms with Crippen molar-refractivity contribution in [2.75, 3.05) is 13.2 Å². The Morgan fingerprint density at radius 1 is 0.538 bits per heavy atom. The van der Waals surface area contributed by atoms with Crippen molar-refractivity contribution >= 4 is 57.9 Å². The molecule has 5 aromatic rings. The Kier molecular flexibility index (Phi) is 11.7. The quantitative estimate of drug-likeness (QED) is 0.0937. The summed E-state index contributed by atoms with van der Waals surface area (Å²) in [5.41, 5.74) is 1.81. The summed E-state index contributed by atoms with van der Waals surface area (Å²) in [6.07, 6.45) is 1.04. The highest BCUT2D eigenvalue weighted by atomic mass is 35.5. The van der Waals surface area contributed by atoms with E-state index in [9.17, 15) is 19.2 Å². The van der Waals surface area contributed by atoms with Crippen LogP contribution in [0, 0.1) is 10.8 Å². The van der Waals surface area contributed by atoms with Crippen LogP contribution >= 0.6 is 23.2 Å². The molecule has 10 heteroatoms. The number of carboxylic acid groups (broad SMARTS) is 1. The topological polar surface area (TPSA) is 116 Å². The van der Waals surface area contributed by atoms with Gasteiger partial charge in [0.25, 0.3) is 0 Å². The van der Waals surface area contributed by atoms with Crippen molar-refractivity contribution in [2.24, 2.45) is 10.8 Å². The lowest BCUT2D eigenvalue weighted by molar-refractivity contribution is 0.0335. The van der Waals surface area contributed by atoms with Gasteiger partial charge in [0.1, 0.15) is 5.75 Å². The minimum atomic E-state index is -1.07. The van der Waals surface area contributed by atoms with Crippen LogP contribution in [-0.2, 0) is 22.3 Å². The van der Waals surface area contributed by atoms with E-state index in [1.807, 2.05) is 58.0 Å². The van der Waals surface area contributed by atoms with Crippen molar-refractivity contribution < 1.29 is 38.5 Å². The highest BCUT2D eigenvalue weighted by Gasteiger charge is 2.26. The van der Waals surface area contributed by atoms with Gasteiger partial charge in [-0.2, -0.15) is 0 Å². The predicted octanol–water partition coefficient (Wildman–Crippen LogP) is 9.92. The lowest BCUT2D eigenvalue weighted by atomic mass is 9.84. The average molecular weight is 742 g/mol. The number of aromatic carboxylic acids is 1. The molecule has 0 amide bonds. The van der Waals surface area contributed by atoms with Gasteiger partial charge in [-0.1, -0.05) is 93.4 Å². The molecule has 0 aliphatic heterocycles. The molecule has 1 N–H and O–H groups in total. The number of halogens is 2. The fourth-order valence-electron chi connectivity index (χ4n) is 5.66. The molecule has 0 atom stereocenters. The zero-order valence-electron chi connectivity index (χ0n) is 29.2. The van der Waals surface area contributed by atoms with Crippen LogP contribution in [0.2, 0.25) is 10.0 Å². The van der Waals surface area contributed by atoms with E-state index in [4.69, 9.17) is 42.5 Å². The summed E-state index contributed by atoms with van der Waals surface area (Å²) >= 11 is 13.8. The standard InChI is InChI=1S/C42H38Cl2O8/c1-41(2,24-50-38(47)27-12-10-26(11-13-27)37(45)46)22-30-18-20-34-33(35(30)43)21-19-31(36(34)44)23-42(3,4)25-51-39(48)28-14-16-29(17-15-28)40(49)52-32-8-6-5-7-9-32/h5-21H,22-25H2,1-4H3,(H,45,46). The molecule has 0 saturated heterocycles. The van der Waals surface area contributed by atoms with Gasteiger partial charge >= 0.3 is 23.9 Å². The Bertz CT molecular complexity index is 2110. The van der Waals surface area contributed by atoms with E-state index < -0.39 is 34.7 Å². The largest absolute Gasteiger partial charge is 0.478 e. The summed E-state index contributed by atoms with van der Waals surface area (Å²) in [4.78, 5) is 49.0. The molecule has 5 rings (SSSR count). The van der Waals surface area contributed by atoms with Gasteiger partial charge in [0.2, 0.25) is 0 Å². The zero-order valence-corrected chi connectivity index (χ0v) is 30.7. The number of hydrogen-bond acceptors (Lipinski definition) is 7. The Morgan fingerprint density at radius 3 is 1.33 bits per heavy atom. The van der Waals surface area contributed by atoms with Gasteiger partial charge < -0.3 is 19.3 Å². The number of ether oxygens (including phenoxy) is 3. The first-order valence-electron chi connectivity index (χ1n) is 16.6. The number of hydrogen-bond donors (Lipinski definition) is 1. The Labute approximate surface area is 312 Å². The monoisotopic (exact) mass is 740 g/mol. The molecule has 0 aromatic heterocycles. The minimum Gasteiger partial charge on any atom is -0.478 e. The Hall–Kier alpha value is -5.18. The number of fused-ring (bicyclic) bond motifs is 1. The van der Waals surface area contributed by atoms with Gasteiger partial charge in [-0.25, -0.2) is 19.2 Å². The van der Waals surface area contributed by atoms with E-state index in [-0.39, 0.29) is 24.3 Å². The van der Waals surface area contributed by atoms with Crippen LogP contribution in [0.3, 0.4) is 0 Å². The molecule has 0 saturated carbocycles. The lowest BCUT2D eigenvalue weighted by Gasteiger charge is -2.26. The van der Waals surface area contributed by atoms with Gasteiger partial charge in [0, 0.05) is 21.6 Å². The molecule has 0 unspecified atom stereocenters. The molecular weight excluding hydrogens is 703 g/mol. The van der Waals surface area contributed by atoms with E-state index in [0.29, 0.717) is 39.8 Å². The first kappa shape index (κ1) is 38.1. The minimum absolute atomic E-state index is 0.0881. The van der Waals surface area contributed by atoms with Crippen LogP contribution in [0.15, 0.2) is 103 Å². The fraction of sp³-hybridized carbons (Fsp3) is 0.238. The molecule has 0 spiro atoms. The summed E-state index contributed by atoms with van der Waals surface area (Å²) in [6, 6.07) is 28.2. The summed E-state index contributed by atoms with van der Waals surface area (Å²) in [6.45, 7) is 8.16. The predicted molar refractivity (Wildman–Crippen MR) is 201 cm³/mol. The molecule has 0 radical (unpaired) electrons. The van der Waals surface area contributed by atoms with Crippen molar-refractivity contribution in [3.8, 4) is 5.75 Å². The maximum Gasteiger partial charge on any atom is 0.343 e. The molecule has 0 bridgehead atoms. The Balaban J connectivity index is 1.18. The van der Waals surface area contributed by atoms with Crippen molar-refractivity contribution in [3.63, 3.8) is 0 Å². The lowest BCUT2D eigenvalue weighted by Crippen LogP contribution is -2.25. The van der Waals surface area contributed by atoms with Crippen LogP contribution in [0.5, 0.6) is 5.75 Å². The van der Waals surface area contributed by atoms with Crippen molar-refractivity contribution in [1.29, 1.82) is 0 Å². The average Bonchev–Trinajstić information content (AvgIpc) is 3.12. The molecule has 0 heterocycles. The van der Waals surface area contributed by atoms with Crippen LogP contribution < -0.4 is 4.74 Å². The highest BCUT2D eigenvalue weighted by molar-refractivity contribution is 6.40. The molecular formula is C42H38Cl2O8. The van der Waals surface area contributed by atoms with Crippen LogP contribution in [0.4, 0.5) is 0 Å². The van der Waals surface area contributed by atoms with Crippen LogP contribution in [0.25, 0.3) is 10.8 Å². The maximum atomic E-state index is 12.9. The van der Waals surface area contributed by atoms with Gasteiger partial charge in [0.15, 0.2) is 0 Å². The van der Waals surface area contributed by atoms with Gasteiger partial charge in [-0.15, -0.1) is 0 Å². The second kappa shape index (κ2) is 16.0. The smallest absolute Gasteiger partial charge is 0.343 e. The third-order valence-electron chi connectivity index (χ3n) is 8.43. The molecule has 0 aliphatic carbocycles. The third-order valence-corrected chi connectivity index (χ3v) is 9.33. The van der Waals surface area contributed by atoms with E-state index >= 15 is 0 Å².